The Balaban J connectivity index is 1.66. The van der Waals surface area contributed by atoms with Crippen LogP contribution >= 0.6 is 11.3 Å². The molecule has 0 bridgehead atoms. The van der Waals surface area contributed by atoms with Crippen molar-refractivity contribution in [2.75, 3.05) is 0 Å². The number of rotatable bonds is 2. The van der Waals surface area contributed by atoms with Gasteiger partial charge in [-0.1, -0.05) is 19.8 Å². The number of fused-ring (bicyclic) bond motifs is 1. The maximum atomic E-state index is 13.0. The summed E-state index contributed by atoms with van der Waals surface area (Å²) in [7, 11) is 0. The second-order valence-electron chi connectivity index (χ2n) is 7.02. The quantitative estimate of drug-likeness (QED) is 0.831. The summed E-state index contributed by atoms with van der Waals surface area (Å²) >= 11 is 1.37. The topological polar surface area (TPSA) is 83.8 Å². The zero-order valence-electron chi connectivity index (χ0n) is 14.2. The first-order valence-corrected chi connectivity index (χ1v) is 9.41. The van der Waals surface area contributed by atoms with Crippen molar-refractivity contribution in [1.29, 1.82) is 0 Å². The fourth-order valence-electron chi connectivity index (χ4n) is 3.98. The molecule has 0 aromatic carbocycles. The molecule has 1 N–H and O–H groups in total. The minimum atomic E-state index is -0.784. The Labute approximate surface area is 148 Å². The summed E-state index contributed by atoms with van der Waals surface area (Å²) < 4.78 is 1.53. The van der Waals surface area contributed by atoms with Crippen LogP contribution in [0.25, 0.3) is 4.96 Å². The lowest BCUT2D eigenvalue weighted by Crippen LogP contribution is -2.53. The molecule has 1 saturated heterocycles. The van der Waals surface area contributed by atoms with E-state index in [1.165, 1.54) is 26.7 Å². The van der Waals surface area contributed by atoms with Crippen LogP contribution in [0, 0.1) is 12.8 Å². The highest BCUT2D eigenvalue weighted by molar-refractivity contribution is 7.15. The molecule has 2 aromatic rings. The minimum absolute atomic E-state index is 0.0296. The van der Waals surface area contributed by atoms with Crippen LogP contribution in [0.2, 0.25) is 0 Å². The molecule has 2 atom stereocenters. The van der Waals surface area contributed by atoms with E-state index in [1.54, 1.807) is 0 Å². The zero-order valence-corrected chi connectivity index (χ0v) is 15.1. The van der Waals surface area contributed by atoms with Gasteiger partial charge in [-0.3, -0.25) is 18.9 Å². The van der Waals surface area contributed by atoms with Gasteiger partial charge in [0, 0.05) is 17.1 Å². The number of nitrogens with zero attached hydrogens (tertiary/aromatic N) is 3. The van der Waals surface area contributed by atoms with E-state index in [1.807, 2.05) is 19.2 Å². The number of nitrogens with one attached hydrogen (secondary N) is 1. The van der Waals surface area contributed by atoms with Gasteiger partial charge < -0.3 is 5.32 Å². The lowest BCUT2D eigenvalue weighted by Gasteiger charge is -2.36. The van der Waals surface area contributed by atoms with E-state index in [4.69, 9.17) is 0 Å². The number of hydrogen-bond donors (Lipinski definition) is 1. The Morgan fingerprint density at radius 1 is 1.36 bits per heavy atom. The van der Waals surface area contributed by atoms with Gasteiger partial charge in [-0.2, -0.15) is 0 Å². The second kappa shape index (κ2) is 5.66. The third kappa shape index (κ3) is 2.38. The predicted octanol–water partition coefficient (Wildman–Crippen LogP) is 2.07. The lowest BCUT2D eigenvalue weighted by atomic mass is 9.73. The SMILES string of the molecule is Cc1csc2nc(CN3C(=O)N[C@@]4(CCCC[C@H]4C)C3=O)cc(=O)n12. The van der Waals surface area contributed by atoms with Crippen molar-refractivity contribution in [3.8, 4) is 0 Å². The molecule has 0 unspecified atom stereocenters. The molecule has 2 aromatic heterocycles. The molecule has 3 heterocycles. The lowest BCUT2D eigenvalue weighted by molar-refractivity contribution is -0.134. The van der Waals surface area contributed by atoms with E-state index >= 15 is 0 Å². The number of hydrogen-bond acceptors (Lipinski definition) is 5. The van der Waals surface area contributed by atoms with E-state index in [9.17, 15) is 14.4 Å². The number of aryl methyl sites for hydroxylation is 1. The number of amides is 3. The standard InChI is InChI=1S/C17H20N4O3S/c1-10-5-3-4-6-17(10)14(23)20(15(24)19-17)8-12-7-13(22)21-11(2)9-25-16(21)18-12/h7,9-10H,3-6,8H2,1-2H3,(H,19,24)/t10-,17-/m1/s1. The number of urea groups is 1. The highest BCUT2D eigenvalue weighted by atomic mass is 32.1. The van der Waals surface area contributed by atoms with Crippen molar-refractivity contribution in [2.45, 2.75) is 51.6 Å². The average molecular weight is 360 g/mol. The summed E-state index contributed by atoms with van der Waals surface area (Å²) in [6.07, 6.45) is 3.62. The van der Waals surface area contributed by atoms with Crippen molar-refractivity contribution < 1.29 is 9.59 Å². The molecule has 1 aliphatic carbocycles. The van der Waals surface area contributed by atoms with Crippen LogP contribution in [0.3, 0.4) is 0 Å². The Kier molecular flexibility index (Phi) is 3.68. The van der Waals surface area contributed by atoms with E-state index < -0.39 is 5.54 Å². The van der Waals surface area contributed by atoms with Gasteiger partial charge in [0.2, 0.25) is 0 Å². The second-order valence-corrected chi connectivity index (χ2v) is 7.86. The van der Waals surface area contributed by atoms with Crippen LogP contribution in [0.15, 0.2) is 16.2 Å². The smallest absolute Gasteiger partial charge is 0.323 e. The molecule has 7 nitrogen and oxygen atoms in total. The van der Waals surface area contributed by atoms with Crippen molar-refractivity contribution in [3.05, 3.63) is 33.2 Å². The molecule has 25 heavy (non-hydrogen) atoms. The Morgan fingerprint density at radius 2 is 2.16 bits per heavy atom. The highest BCUT2D eigenvalue weighted by Crippen LogP contribution is 2.38. The fourth-order valence-corrected chi connectivity index (χ4v) is 4.87. The van der Waals surface area contributed by atoms with Crippen LogP contribution in [0.1, 0.15) is 44.0 Å². The molecule has 1 aliphatic heterocycles. The number of aromatic nitrogens is 2. The van der Waals surface area contributed by atoms with Crippen molar-refractivity contribution in [3.63, 3.8) is 0 Å². The number of carbonyl (C=O) groups is 2. The zero-order chi connectivity index (χ0) is 17.8. The highest BCUT2D eigenvalue weighted by Gasteiger charge is 2.54. The Bertz CT molecular complexity index is 934. The van der Waals surface area contributed by atoms with E-state index in [-0.39, 0.29) is 30.0 Å². The van der Waals surface area contributed by atoms with Crippen LogP contribution in [0.5, 0.6) is 0 Å². The molecular formula is C17H20N4O3S. The molecule has 2 aliphatic rings. The largest absolute Gasteiger partial charge is 0.325 e. The average Bonchev–Trinajstić information content (AvgIpc) is 3.05. The molecule has 2 fully saturated rings. The summed E-state index contributed by atoms with van der Waals surface area (Å²) in [5.74, 6) is -0.0715. The first-order chi connectivity index (χ1) is 11.9. The maximum absolute atomic E-state index is 13.0. The third-order valence-electron chi connectivity index (χ3n) is 5.45. The van der Waals surface area contributed by atoms with Gasteiger partial charge in [0.05, 0.1) is 12.2 Å². The van der Waals surface area contributed by atoms with Crippen LogP contribution < -0.4 is 10.9 Å². The van der Waals surface area contributed by atoms with Crippen LogP contribution in [-0.2, 0) is 11.3 Å². The summed E-state index contributed by atoms with van der Waals surface area (Å²) in [6.45, 7) is 3.89. The minimum Gasteiger partial charge on any atom is -0.323 e. The molecule has 3 amide bonds. The first-order valence-electron chi connectivity index (χ1n) is 8.53. The third-order valence-corrected chi connectivity index (χ3v) is 6.39. The molecule has 1 saturated carbocycles. The van der Waals surface area contributed by atoms with E-state index in [0.29, 0.717) is 17.1 Å². The summed E-state index contributed by atoms with van der Waals surface area (Å²) in [5, 5.41) is 4.78. The monoisotopic (exact) mass is 360 g/mol. The summed E-state index contributed by atoms with van der Waals surface area (Å²) in [6, 6.07) is 1.02. The first kappa shape index (κ1) is 16.3. The normalized spacial score (nSPS) is 26.6. The van der Waals surface area contributed by atoms with Gasteiger partial charge in [0.1, 0.15) is 5.54 Å². The van der Waals surface area contributed by atoms with Gasteiger partial charge >= 0.3 is 6.03 Å². The molecule has 0 radical (unpaired) electrons. The molecule has 132 valence electrons. The van der Waals surface area contributed by atoms with Gasteiger partial charge in [0.15, 0.2) is 4.96 Å². The molecule has 8 heteroatoms. The molecular weight excluding hydrogens is 340 g/mol. The fraction of sp³-hybridized carbons (Fsp3) is 0.529. The molecule has 1 spiro atoms. The Hall–Kier alpha value is -2.22. The van der Waals surface area contributed by atoms with Gasteiger partial charge in [-0.05, 0) is 25.7 Å². The van der Waals surface area contributed by atoms with E-state index in [0.717, 1.165) is 25.0 Å². The summed E-state index contributed by atoms with van der Waals surface area (Å²) in [4.78, 5) is 44.0. The van der Waals surface area contributed by atoms with Crippen molar-refractivity contribution >= 4 is 28.2 Å². The Morgan fingerprint density at radius 3 is 2.92 bits per heavy atom. The molecule has 4 rings (SSSR count). The van der Waals surface area contributed by atoms with Crippen LogP contribution in [-0.4, -0.2) is 31.8 Å². The van der Waals surface area contributed by atoms with Gasteiger partial charge in [0.25, 0.3) is 11.5 Å². The predicted molar refractivity (Wildman–Crippen MR) is 93.5 cm³/mol. The van der Waals surface area contributed by atoms with E-state index in [2.05, 4.69) is 10.3 Å². The maximum Gasteiger partial charge on any atom is 0.325 e. The van der Waals surface area contributed by atoms with Crippen LogP contribution in [0.4, 0.5) is 4.79 Å². The number of imide groups is 1. The summed E-state index contributed by atoms with van der Waals surface area (Å²) in [5.41, 5.74) is 0.296. The number of carbonyl (C=O) groups excluding carboxylic acids is 2. The van der Waals surface area contributed by atoms with Gasteiger partial charge in [-0.25, -0.2) is 9.78 Å². The van der Waals surface area contributed by atoms with Crippen molar-refractivity contribution in [2.24, 2.45) is 5.92 Å². The number of thiazole rings is 1. The van der Waals surface area contributed by atoms with Crippen molar-refractivity contribution in [1.82, 2.24) is 19.6 Å². The van der Waals surface area contributed by atoms with Gasteiger partial charge in [-0.15, -0.1) is 11.3 Å².